The van der Waals surface area contributed by atoms with E-state index in [4.69, 9.17) is 0 Å². The first kappa shape index (κ1) is 15.6. The summed E-state index contributed by atoms with van der Waals surface area (Å²) in [7, 11) is 2.33. The molecule has 4 rings (SSSR count). The van der Waals surface area contributed by atoms with Gasteiger partial charge in [-0.2, -0.15) is 0 Å². The van der Waals surface area contributed by atoms with Gasteiger partial charge in [-0.3, -0.25) is 4.90 Å². The summed E-state index contributed by atoms with van der Waals surface area (Å²) in [4.78, 5) is 2.65. The summed E-state index contributed by atoms with van der Waals surface area (Å²) in [5, 5.41) is 0. The number of fused-ring (bicyclic) bond motifs is 2. The van der Waals surface area contributed by atoms with E-state index in [1.54, 1.807) is 0 Å². The molecule has 2 aliphatic heterocycles. The van der Waals surface area contributed by atoms with Gasteiger partial charge in [0.15, 0.2) is 0 Å². The van der Waals surface area contributed by atoms with E-state index in [1.165, 1.54) is 30.4 Å². The largest absolute Gasteiger partial charge is 0.300 e. The summed E-state index contributed by atoms with van der Waals surface area (Å²) < 4.78 is 0. The SMILES string of the molecule is CN1[C@H]2CC[C@@H]1[C@H](c1ccccc1)[C@H](c1ccccc1)C2.Cl. The van der Waals surface area contributed by atoms with Crippen molar-refractivity contribution in [1.82, 2.24) is 4.90 Å². The van der Waals surface area contributed by atoms with Crippen LogP contribution in [-0.4, -0.2) is 24.0 Å². The molecule has 2 saturated heterocycles. The van der Waals surface area contributed by atoms with Gasteiger partial charge in [-0.25, -0.2) is 0 Å². The average molecular weight is 314 g/mol. The molecule has 2 heteroatoms. The van der Waals surface area contributed by atoms with Crippen molar-refractivity contribution < 1.29 is 0 Å². The molecule has 0 unspecified atom stereocenters. The van der Waals surface area contributed by atoms with Gasteiger partial charge in [0.05, 0.1) is 0 Å². The topological polar surface area (TPSA) is 3.24 Å². The molecule has 0 aliphatic carbocycles. The molecule has 2 aliphatic rings. The molecular weight excluding hydrogens is 290 g/mol. The van der Waals surface area contributed by atoms with Gasteiger partial charge in [-0.1, -0.05) is 60.7 Å². The van der Waals surface area contributed by atoms with Crippen LogP contribution < -0.4 is 0 Å². The van der Waals surface area contributed by atoms with Crippen molar-refractivity contribution in [3.8, 4) is 0 Å². The fourth-order valence-electron chi connectivity index (χ4n) is 4.64. The fourth-order valence-corrected chi connectivity index (χ4v) is 4.64. The van der Waals surface area contributed by atoms with Crippen molar-refractivity contribution in [3.63, 3.8) is 0 Å². The van der Waals surface area contributed by atoms with Gasteiger partial charge in [0.25, 0.3) is 0 Å². The van der Waals surface area contributed by atoms with Crippen molar-refractivity contribution in [2.24, 2.45) is 0 Å². The van der Waals surface area contributed by atoms with Crippen molar-refractivity contribution in [3.05, 3.63) is 71.8 Å². The molecule has 0 spiro atoms. The number of piperidine rings is 1. The third-order valence-corrected chi connectivity index (χ3v) is 5.68. The fraction of sp³-hybridized carbons (Fsp3) is 0.400. The molecule has 0 radical (unpaired) electrons. The monoisotopic (exact) mass is 313 g/mol. The molecule has 0 N–H and O–H groups in total. The predicted octanol–water partition coefficient (Wildman–Crippen LogP) is 4.84. The van der Waals surface area contributed by atoms with Gasteiger partial charge < -0.3 is 0 Å². The zero-order valence-electron chi connectivity index (χ0n) is 13.1. The maximum Gasteiger partial charge on any atom is 0.0170 e. The van der Waals surface area contributed by atoms with Gasteiger partial charge in [-0.15, -0.1) is 12.4 Å². The van der Waals surface area contributed by atoms with Crippen LogP contribution in [0.25, 0.3) is 0 Å². The second-order valence-electron chi connectivity index (χ2n) is 6.65. The first-order valence-corrected chi connectivity index (χ1v) is 8.16. The number of rotatable bonds is 2. The first-order chi connectivity index (χ1) is 10.3. The van der Waals surface area contributed by atoms with Crippen LogP contribution in [0.3, 0.4) is 0 Å². The van der Waals surface area contributed by atoms with Gasteiger partial charge in [0.1, 0.15) is 0 Å². The van der Waals surface area contributed by atoms with E-state index in [0.29, 0.717) is 17.9 Å². The standard InChI is InChI=1S/C20H23N.ClH/c1-21-17-12-13-19(21)20(16-10-6-3-7-11-16)18(14-17)15-8-4-2-5-9-15;/h2-11,17-20H,12-14H2,1H3;1H/t17-,18-,19+,20+;/m0./s1. The van der Waals surface area contributed by atoms with Crippen LogP contribution in [0.15, 0.2) is 60.7 Å². The minimum atomic E-state index is 0. The molecule has 2 aromatic rings. The zero-order valence-corrected chi connectivity index (χ0v) is 13.9. The van der Waals surface area contributed by atoms with E-state index in [2.05, 4.69) is 72.6 Å². The van der Waals surface area contributed by atoms with Crippen molar-refractivity contribution in [2.45, 2.75) is 43.2 Å². The average Bonchev–Trinajstić information content (AvgIpc) is 2.79. The summed E-state index contributed by atoms with van der Waals surface area (Å²) >= 11 is 0. The Morgan fingerprint density at radius 2 is 1.41 bits per heavy atom. The number of hydrogen-bond acceptors (Lipinski definition) is 1. The summed E-state index contributed by atoms with van der Waals surface area (Å²) in [5.41, 5.74) is 3.04. The third-order valence-electron chi connectivity index (χ3n) is 5.68. The van der Waals surface area contributed by atoms with E-state index in [-0.39, 0.29) is 12.4 Å². The number of benzene rings is 2. The normalized spacial score (nSPS) is 30.8. The van der Waals surface area contributed by atoms with Crippen molar-refractivity contribution in [1.29, 1.82) is 0 Å². The lowest BCUT2D eigenvalue weighted by Gasteiger charge is -2.43. The van der Waals surface area contributed by atoms with Crippen LogP contribution in [0.5, 0.6) is 0 Å². The minimum Gasteiger partial charge on any atom is -0.300 e. The van der Waals surface area contributed by atoms with Crippen LogP contribution in [0.2, 0.25) is 0 Å². The van der Waals surface area contributed by atoms with E-state index >= 15 is 0 Å². The third kappa shape index (κ3) is 2.57. The molecule has 2 aromatic carbocycles. The number of halogens is 1. The molecule has 0 amide bonds. The Labute approximate surface area is 139 Å². The van der Waals surface area contributed by atoms with E-state index in [0.717, 1.165) is 6.04 Å². The molecule has 0 aromatic heterocycles. The first-order valence-electron chi connectivity index (χ1n) is 8.16. The Bertz CT molecular complexity index is 598. The van der Waals surface area contributed by atoms with Gasteiger partial charge >= 0.3 is 0 Å². The maximum absolute atomic E-state index is 2.65. The lowest BCUT2D eigenvalue weighted by Crippen LogP contribution is -2.44. The van der Waals surface area contributed by atoms with Crippen LogP contribution in [0.4, 0.5) is 0 Å². The molecule has 4 atom stereocenters. The van der Waals surface area contributed by atoms with Gasteiger partial charge in [0.2, 0.25) is 0 Å². The highest BCUT2D eigenvalue weighted by molar-refractivity contribution is 5.85. The Balaban J connectivity index is 0.00000144. The second kappa shape index (κ2) is 6.44. The Morgan fingerprint density at radius 3 is 2.05 bits per heavy atom. The highest BCUT2D eigenvalue weighted by Crippen LogP contribution is 2.50. The van der Waals surface area contributed by atoms with E-state index in [1.807, 2.05) is 0 Å². The minimum absolute atomic E-state index is 0. The van der Waals surface area contributed by atoms with Crippen LogP contribution in [0.1, 0.15) is 42.2 Å². The highest BCUT2D eigenvalue weighted by Gasteiger charge is 2.46. The summed E-state index contributed by atoms with van der Waals surface area (Å²) in [6, 6.07) is 23.8. The smallest absolute Gasteiger partial charge is 0.0170 e. The van der Waals surface area contributed by atoms with E-state index < -0.39 is 0 Å². The Morgan fingerprint density at radius 1 is 0.818 bits per heavy atom. The predicted molar refractivity (Wildman–Crippen MR) is 94.8 cm³/mol. The molecule has 116 valence electrons. The molecule has 1 nitrogen and oxygen atoms in total. The zero-order chi connectivity index (χ0) is 14.2. The lowest BCUT2D eigenvalue weighted by atomic mass is 9.73. The Kier molecular flexibility index (Phi) is 4.56. The second-order valence-corrected chi connectivity index (χ2v) is 6.65. The highest BCUT2D eigenvalue weighted by atomic mass is 35.5. The summed E-state index contributed by atoms with van der Waals surface area (Å²) in [6.07, 6.45) is 4.02. The van der Waals surface area contributed by atoms with Crippen molar-refractivity contribution in [2.75, 3.05) is 7.05 Å². The quantitative estimate of drug-likeness (QED) is 0.766. The van der Waals surface area contributed by atoms with Gasteiger partial charge in [0, 0.05) is 18.0 Å². The van der Waals surface area contributed by atoms with E-state index in [9.17, 15) is 0 Å². The molecule has 0 saturated carbocycles. The van der Waals surface area contributed by atoms with Crippen LogP contribution in [0, 0.1) is 0 Å². The number of likely N-dealkylation sites (N-methyl/N-ethyl adjacent to an activating group) is 1. The number of hydrogen-bond donors (Lipinski definition) is 0. The van der Waals surface area contributed by atoms with Gasteiger partial charge in [-0.05, 0) is 43.4 Å². The lowest BCUT2D eigenvalue weighted by molar-refractivity contribution is 0.137. The maximum atomic E-state index is 2.65. The van der Waals surface area contributed by atoms with Crippen LogP contribution >= 0.6 is 12.4 Å². The molecule has 2 bridgehead atoms. The molecular formula is C20H24ClN. The summed E-state index contributed by atoms with van der Waals surface area (Å²) in [6.45, 7) is 0. The molecule has 2 fully saturated rings. The molecule has 2 heterocycles. The number of nitrogens with zero attached hydrogens (tertiary/aromatic N) is 1. The summed E-state index contributed by atoms with van der Waals surface area (Å²) in [5.74, 6) is 1.31. The van der Waals surface area contributed by atoms with Crippen LogP contribution in [-0.2, 0) is 0 Å². The molecule has 22 heavy (non-hydrogen) atoms. The van der Waals surface area contributed by atoms with Crippen molar-refractivity contribution >= 4 is 12.4 Å². The Hall–Kier alpha value is -1.31.